The van der Waals surface area contributed by atoms with Crippen LogP contribution in [0.3, 0.4) is 0 Å². The van der Waals surface area contributed by atoms with Crippen molar-refractivity contribution >= 4 is 22.8 Å². The molecule has 1 aromatic carbocycles. The summed E-state index contributed by atoms with van der Waals surface area (Å²) in [6, 6.07) is 5.76. The van der Waals surface area contributed by atoms with Crippen LogP contribution in [0.25, 0.3) is 10.9 Å². The van der Waals surface area contributed by atoms with Crippen LogP contribution in [0.2, 0.25) is 0 Å². The number of hydrogen-bond donors (Lipinski definition) is 3. The number of carboxylic acids is 1. The third-order valence-corrected chi connectivity index (χ3v) is 3.01. The number of carbonyl (C=O) groups is 2. The minimum absolute atomic E-state index is 0.134. The van der Waals surface area contributed by atoms with Crippen molar-refractivity contribution in [1.82, 2.24) is 15.1 Å². The zero-order chi connectivity index (χ0) is 14.9. The highest BCUT2D eigenvalue weighted by Crippen LogP contribution is 2.17. The summed E-state index contributed by atoms with van der Waals surface area (Å²) in [5.41, 5.74) is 0.900. The van der Waals surface area contributed by atoms with E-state index < -0.39 is 24.0 Å². The number of rotatable bonds is 4. The van der Waals surface area contributed by atoms with Crippen molar-refractivity contribution in [3.8, 4) is 0 Å². The first kappa shape index (κ1) is 14.0. The molecule has 0 spiro atoms. The van der Waals surface area contributed by atoms with Gasteiger partial charge in [-0.25, -0.2) is 4.79 Å². The Hall–Kier alpha value is -2.41. The Morgan fingerprint density at radius 3 is 2.60 bits per heavy atom. The lowest BCUT2D eigenvalue weighted by molar-refractivity contribution is -0.141. The number of nitrogens with one attached hydrogen (secondary N) is 1. The first-order valence-electron chi connectivity index (χ1n) is 6.05. The Labute approximate surface area is 114 Å². The van der Waals surface area contributed by atoms with Gasteiger partial charge >= 0.3 is 5.97 Å². The standard InChI is InChI=1S/C13H15N3O4/c1-7(17)10(13(19)20)14-12(18)11-8-5-3-4-6-9(8)16(2)15-11/h3-7,10,17H,1-2H3,(H,14,18)(H,19,20)/t7-,10+/m1/s1. The molecule has 2 atom stereocenters. The minimum Gasteiger partial charge on any atom is -0.480 e. The summed E-state index contributed by atoms with van der Waals surface area (Å²) in [4.78, 5) is 23.1. The van der Waals surface area contributed by atoms with E-state index >= 15 is 0 Å². The number of hydrogen-bond acceptors (Lipinski definition) is 4. The van der Waals surface area contributed by atoms with E-state index in [4.69, 9.17) is 5.11 Å². The van der Waals surface area contributed by atoms with Crippen LogP contribution < -0.4 is 5.32 Å². The van der Waals surface area contributed by atoms with Gasteiger partial charge in [0.25, 0.3) is 5.91 Å². The van der Waals surface area contributed by atoms with Gasteiger partial charge in [0.15, 0.2) is 11.7 Å². The number of aliphatic hydroxyl groups excluding tert-OH is 1. The van der Waals surface area contributed by atoms with Crippen molar-refractivity contribution in [3.63, 3.8) is 0 Å². The van der Waals surface area contributed by atoms with Gasteiger partial charge in [-0.1, -0.05) is 18.2 Å². The minimum atomic E-state index is -1.37. The lowest BCUT2D eigenvalue weighted by Crippen LogP contribution is -2.47. The molecular weight excluding hydrogens is 262 g/mol. The normalized spacial score (nSPS) is 13.9. The highest BCUT2D eigenvalue weighted by atomic mass is 16.4. The molecule has 2 rings (SSSR count). The highest BCUT2D eigenvalue weighted by molar-refractivity contribution is 6.05. The third-order valence-electron chi connectivity index (χ3n) is 3.01. The van der Waals surface area contributed by atoms with Gasteiger partial charge in [0.05, 0.1) is 11.6 Å². The molecule has 20 heavy (non-hydrogen) atoms. The van der Waals surface area contributed by atoms with Gasteiger partial charge in [0.2, 0.25) is 0 Å². The molecule has 3 N–H and O–H groups in total. The molecule has 1 heterocycles. The second kappa shape index (κ2) is 5.30. The summed E-state index contributed by atoms with van der Waals surface area (Å²) in [7, 11) is 1.70. The monoisotopic (exact) mass is 277 g/mol. The lowest BCUT2D eigenvalue weighted by atomic mass is 10.1. The molecule has 0 saturated carbocycles. The number of aliphatic carboxylic acids is 1. The van der Waals surface area contributed by atoms with E-state index in [2.05, 4.69) is 10.4 Å². The number of fused-ring (bicyclic) bond motifs is 1. The fourth-order valence-electron chi connectivity index (χ4n) is 1.98. The summed E-state index contributed by atoms with van der Waals surface area (Å²) in [6.07, 6.45) is -1.20. The molecule has 0 radical (unpaired) electrons. The van der Waals surface area contributed by atoms with Gasteiger partial charge in [-0.15, -0.1) is 0 Å². The molecular formula is C13H15N3O4. The Morgan fingerprint density at radius 2 is 2.00 bits per heavy atom. The van der Waals surface area contributed by atoms with Gasteiger partial charge in [0, 0.05) is 12.4 Å². The van der Waals surface area contributed by atoms with Crippen molar-refractivity contribution in [3.05, 3.63) is 30.0 Å². The number of nitrogens with zero attached hydrogens (tertiary/aromatic N) is 2. The quantitative estimate of drug-likeness (QED) is 0.737. The number of aryl methyl sites for hydroxylation is 1. The Bertz CT molecular complexity index is 663. The number of benzene rings is 1. The van der Waals surface area contributed by atoms with Crippen molar-refractivity contribution in [2.24, 2.45) is 7.05 Å². The fourth-order valence-corrected chi connectivity index (χ4v) is 1.98. The van der Waals surface area contributed by atoms with Crippen LogP contribution in [0.5, 0.6) is 0 Å². The summed E-state index contributed by atoms with van der Waals surface area (Å²) in [5, 5.41) is 25.3. The van der Waals surface area contributed by atoms with Crippen LogP contribution in [0.15, 0.2) is 24.3 Å². The number of carboxylic acid groups (broad SMARTS) is 1. The van der Waals surface area contributed by atoms with E-state index in [1.165, 1.54) is 6.92 Å². The van der Waals surface area contributed by atoms with E-state index in [9.17, 15) is 14.7 Å². The molecule has 0 unspecified atom stereocenters. The van der Waals surface area contributed by atoms with E-state index in [-0.39, 0.29) is 5.69 Å². The molecule has 0 bridgehead atoms. The molecule has 1 amide bonds. The molecule has 106 valence electrons. The predicted octanol–water partition coefficient (Wildman–Crippen LogP) is 0.137. The maximum atomic E-state index is 12.1. The van der Waals surface area contributed by atoms with Gasteiger partial charge in [0.1, 0.15) is 0 Å². The number of aliphatic hydroxyl groups is 1. The number of carbonyl (C=O) groups excluding carboxylic acids is 1. The zero-order valence-corrected chi connectivity index (χ0v) is 11.1. The summed E-state index contributed by atoms with van der Waals surface area (Å²) >= 11 is 0. The molecule has 2 aromatic rings. The molecule has 1 aromatic heterocycles. The van der Waals surface area contributed by atoms with Gasteiger partial charge in [-0.2, -0.15) is 5.10 Å². The van der Waals surface area contributed by atoms with Gasteiger partial charge < -0.3 is 15.5 Å². The second-order valence-corrected chi connectivity index (χ2v) is 4.52. The van der Waals surface area contributed by atoms with Crippen molar-refractivity contribution in [2.45, 2.75) is 19.1 Å². The van der Waals surface area contributed by atoms with E-state index in [1.807, 2.05) is 12.1 Å². The first-order chi connectivity index (χ1) is 9.41. The molecule has 0 aliphatic rings. The molecule has 0 aliphatic heterocycles. The van der Waals surface area contributed by atoms with Crippen LogP contribution in [0.1, 0.15) is 17.4 Å². The fraction of sp³-hybridized carbons (Fsp3) is 0.308. The van der Waals surface area contributed by atoms with Crippen LogP contribution in [-0.2, 0) is 11.8 Å². The number of para-hydroxylation sites is 1. The van der Waals surface area contributed by atoms with E-state index in [0.29, 0.717) is 5.39 Å². The maximum Gasteiger partial charge on any atom is 0.328 e. The summed E-state index contributed by atoms with van der Waals surface area (Å²) in [5.74, 6) is -1.93. The van der Waals surface area contributed by atoms with Gasteiger partial charge in [-0.05, 0) is 13.0 Å². The van der Waals surface area contributed by atoms with E-state index in [0.717, 1.165) is 5.52 Å². The van der Waals surface area contributed by atoms with Crippen LogP contribution >= 0.6 is 0 Å². The Balaban J connectivity index is 2.34. The number of aromatic nitrogens is 2. The first-order valence-corrected chi connectivity index (χ1v) is 6.05. The zero-order valence-electron chi connectivity index (χ0n) is 11.1. The van der Waals surface area contributed by atoms with Crippen molar-refractivity contribution < 1.29 is 19.8 Å². The average Bonchev–Trinajstić information content (AvgIpc) is 2.73. The topological polar surface area (TPSA) is 104 Å². The third kappa shape index (κ3) is 2.48. The maximum absolute atomic E-state index is 12.1. The SMILES string of the molecule is C[C@@H](O)[C@H](NC(=O)c1nn(C)c2ccccc12)C(=O)O. The molecule has 7 nitrogen and oxygen atoms in total. The largest absolute Gasteiger partial charge is 0.480 e. The highest BCUT2D eigenvalue weighted by Gasteiger charge is 2.27. The molecule has 0 fully saturated rings. The van der Waals surface area contributed by atoms with Crippen LogP contribution in [0.4, 0.5) is 0 Å². The second-order valence-electron chi connectivity index (χ2n) is 4.52. The lowest BCUT2D eigenvalue weighted by Gasteiger charge is -2.16. The van der Waals surface area contributed by atoms with Crippen LogP contribution in [-0.4, -0.2) is 44.0 Å². The predicted molar refractivity (Wildman–Crippen MR) is 71.3 cm³/mol. The van der Waals surface area contributed by atoms with Crippen molar-refractivity contribution in [1.29, 1.82) is 0 Å². The van der Waals surface area contributed by atoms with Gasteiger partial charge in [-0.3, -0.25) is 9.48 Å². The number of amides is 1. The average molecular weight is 277 g/mol. The Kier molecular flexibility index (Phi) is 3.71. The molecule has 0 saturated heterocycles. The van der Waals surface area contributed by atoms with Crippen LogP contribution in [0, 0.1) is 0 Å². The Morgan fingerprint density at radius 1 is 1.35 bits per heavy atom. The summed E-state index contributed by atoms with van der Waals surface area (Å²) in [6.45, 7) is 1.30. The molecule has 0 aliphatic carbocycles. The van der Waals surface area contributed by atoms with Crippen molar-refractivity contribution in [2.75, 3.05) is 0 Å². The summed E-state index contributed by atoms with van der Waals surface area (Å²) < 4.78 is 1.54. The van der Waals surface area contributed by atoms with E-state index in [1.54, 1.807) is 23.9 Å². The smallest absolute Gasteiger partial charge is 0.328 e. The molecule has 7 heteroatoms.